The molecule has 0 bridgehead atoms. The molecule has 1 amide bonds. The van der Waals surface area contributed by atoms with E-state index in [2.05, 4.69) is 17.9 Å². The van der Waals surface area contributed by atoms with Gasteiger partial charge in [0.15, 0.2) is 0 Å². The molecule has 34 heavy (non-hydrogen) atoms. The van der Waals surface area contributed by atoms with Crippen molar-refractivity contribution in [3.05, 3.63) is 29.8 Å². The number of fused-ring (bicyclic) bond motifs is 4. The summed E-state index contributed by atoms with van der Waals surface area (Å²) in [7, 11) is 1.43. The van der Waals surface area contributed by atoms with E-state index in [9.17, 15) is 9.59 Å². The fourth-order valence-corrected chi connectivity index (χ4v) is 6.83. The molecular weight excluding hydrogens is 430 g/mol. The molecule has 0 N–H and O–H groups in total. The first-order valence-corrected chi connectivity index (χ1v) is 13.2. The van der Waals surface area contributed by atoms with Gasteiger partial charge in [0.25, 0.3) is 0 Å². The van der Waals surface area contributed by atoms with E-state index in [1.54, 1.807) is 0 Å². The SMILES string of the molecule is COC(=O)CC[C@@]1(C)Oc2ccccc2[C@@H]2O[C@@H]3CCN(C(=O)CC4CCCCC4)C[C@H]3C[C@H]21. The molecule has 2 saturated heterocycles. The van der Waals surface area contributed by atoms with E-state index in [0.29, 0.717) is 37.0 Å². The van der Waals surface area contributed by atoms with Crippen molar-refractivity contribution >= 4 is 11.9 Å². The Morgan fingerprint density at radius 1 is 1.15 bits per heavy atom. The van der Waals surface area contributed by atoms with Crippen LogP contribution in [0.4, 0.5) is 0 Å². The Bertz CT molecular complexity index is 897. The standard InChI is InChI=1S/C28H39NO5/c1-28(14-12-26(31)32-2)22-17-20-18-29(25(30)16-19-8-4-3-5-9-19)15-13-23(20)33-27(22)21-10-6-7-11-24(21)34-28/h6-7,10-11,19-20,22-23,27H,3-5,8-9,12-18H2,1-2H3/t20-,22-,23-,27+,28-/m1/s1. The van der Waals surface area contributed by atoms with Gasteiger partial charge in [-0.15, -0.1) is 0 Å². The molecular formula is C28H39NO5. The summed E-state index contributed by atoms with van der Waals surface area (Å²) in [4.78, 5) is 27.2. The summed E-state index contributed by atoms with van der Waals surface area (Å²) < 4.78 is 18.3. The normalized spacial score (nSPS) is 33.2. The third-order valence-corrected chi connectivity index (χ3v) is 8.85. The quantitative estimate of drug-likeness (QED) is 0.564. The number of amides is 1. The number of piperidine rings is 1. The van der Waals surface area contributed by atoms with Gasteiger partial charge in [-0.3, -0.25) is 9.59 Å². The zero-order chi connectivity index (χ0) is 23.7. The van der Waals surface area contributed by atoms with Gasteiger partial charge in [0.1, 0.15) is 11.4 Å². The van der Waals surface area contributed by atoms with Crippen LogP contribution < -0.4 is 4.74 Å². The number of carbonyl (C=O) groups excluding carboxylic acids is 2. The van der Waals surface area contributed by atoms with Crippen molar-refractivity contribution < 1.29 is 23.8 Å². The van der Waals surface area contributed by atoms with Crippen molar-refractivity contribution in [2.24, 2.45) is 17.8 Å². The molecule has 5 atom stereocenters. The molecule has 3 heterocycles. The second-order valence-corrected chi connectivity index (χ2v) is 11.1. The molecule has 0 aromatic heterocycles. The Morgan fingerprint density at radius 3 is 2.74 bits per heavy atom. The second-order valence-electron chi connectivity index (χ2n) is 11.1. The van der Waals surface area contributed by atoms with Crippen molar-refractivity contribution in [2.45, 2.75) is 88.9 Å². The van der Waals surface area contributed by atoms with Crippen molar-refractivity contribution in [3.63, 3.8) is 0 Å². The smallest absolute Gasteiger partial charge is 0.305 e. The molecule has 1 aromatic rings. The fourth-order valence-electron chi connectivity index (χ4n) is 6.83. The van der Waals surface area contributed by atoms with Crippen LogP contribution in [0.2, 0.25) is 0 Å². The first kappa shape index (κ1) is 23.7. The van der Waals surface area contributed by atoms with Crippen LogP contribution in [-0.2, 0) is 19.1 Å². The molecule has 186 valence electrons. The van der Waals surface area contributed by atoms with Crippen LogP contribution in [0.25, 0.3) is 0 Å². The highest BCUT2D eigenvalue weighted by atomic mass is 16.5. The molecule has 0 spiro atoms. The third-order valence-electron chi connectivity index (χ3n) is 8.85. The molecule has 6 nitrogen and oxygen atoms in total. The summed E-state index contributed by atoms with van der Waals surface area (Å²) >= 11 is 0. The van der Waals surface area contributed by atoms with Gasteiger partial charge in [-0.05, 0) is 51.0 Å². The van der Waals surface area contributed by atoms with E-state index in [0.717, 1.165) is 37.2 Å². The van der Waals surface area contributed by atoms with Gasteiger partial charge in [-0.2, -0.15) is 0 Å². The summed E-state index contributed by atoms with van der Waals surface area (Å²) in [5.74, 6) is 1.96. The molecule has 1 aromatic carbocycles. The monoisotopic (exact) mass is 469 g/mol. The van der Waals surface area contributed by atoms with Gasteiger partial charge in [0.2, 0.25) is 5.91 Å². The molecule has 6 heteroatoms. The van der Waals surface area contributed by atoms with Gasteiger partial charge in [0, 0.05) is 43.3 Å². The maximum atomic E-state index is 13.1. The van der Waals surface area contributed by atoms with E-state index in [-0.39, 0.29) is 24.1 Å². The molecule has 3 fully saturated rings. The Morgan fingerprint density at radius 2 is 1.94 bits per heavy atom. The minimum Gasteiger partial charge on any atom is -0.487 e. The van der Waals surface area contributed by atoms with Gasteiger partial charge in [0.05, 0.1) is 19.3 Å². The number of ether oxygens (including phenoxy) is 3. The van der Waals surface area contributed by atoms with E-state index in [1.807, 2.05) is 18.2 Å². The number of benzene rings is 1. The largest absolute Gasteiger partial charge is 0.487 e. The van der Waals surface area contributed by atoms with Gasteiger partial charge in [-0.1, -0.05) is 37.5 Å². The third kappa shape index (κ3) is 4.71. The zero-order valence-electron chi connectivity index (χ0n) is 20.7. The van der Waals surface area contributed by atoms with Crippen molar-refractivity contribution in [1.29, 1.82) is 0 Å². The number of likely N-dealkylation sites (tertiary alicyclic amines) is 1. The first-order valence-electron chi connectivity index (χ1n) is 13.2. The number of hydrogen-bond donors (Lipinski definition) is 0. The summed E-state index contributed by atoms with van der Waals surface area (Å²) in [5.41, 5.74) is 0.587. The molecule has 5 rings (SSSR count). The Labute approximate surface area is 203 Å². The molecule has 1 saturated carbocycles. The van der Waals surface area contributed by atoms with Gasteiger partial charge in [-0.25, -0.2) is 0 Å². The van der Waals surface area contributed by atoms with Gasteiger partial charge >= 0.3 is 5.97 Å². The van der Waals surface area contributed by atoms with Crippen LogP contribution in [0.3, 0.4) is 0 Å². The predicted octanol–water partition coefficient (Wildman–Crippen LogP) is 5.06. The van der Waals surface area contributed by atoms with Crippen molar-refractivity contribution in [3.8, 4) is 5.75 Å². The second kappa shape index (κ2) is 9.88. The van der Waals surface area contributed by atoms with E-state index >= 15 is 0 Å². The minimum atomic E-state index is -0.521. The Kier molecular flexibility index (Phi) is 6.88. The molecule has 0 unspecified atom stereocenters. The summed E-state index contributed by atoms with van der Waals surface area (Å²) in [5, 5.41) is 0. The maximum Gasteiger partial charge on any atom is 0.305 e. The number of rotatable bonds is 5. The fraction of sp³-hybridized carbons (Fsp3) is 0.714. The molecule has 0 radical (unpaired) electrons. The molecule has 4 aliphatic rings. The highest BCUT2D eigenvalue weighted by molar-refractivity contribution is 5.76. The number of esters is 1. The lowest BCUT2D eigenvalue weighted by Crippen LogP contribution is -2.57. The number of nitrogens with zero attached hydrogens (tertiary/aromatic N) is 1. The number of carbonyl (C=O) groups is 2. The highest BCUT2D eigenvalue weighted by Crippen LogP contribution is 2.54. The van der Waals surface area contributed by atoms with E-state index < -0.39 is 5.60 Å². The average Bonchev–Trinajstić information content (AvgIpc) is 2.87. The molecule has 3 aliphatic heterocycles. The van der Waals surface area contributed by atoms with Crippen LogP contribution in [-0.4, -0.2) is 48.7 Å². The predicted molar refractivity (Wildman–Crippen MR) is 128 cm³/mol. The van der Waals surface area contributed by atoms with Crippen molar-refractivity contribution in [2.75, 3.05) is 20.2 Å². The lowest BCUT2D eigenvalue weighted by atomic mass is 9.68. The van der Waals surface area contributed by atoms with Crippen LogP contribution in [0.15, 0.2) is 24.3 Å². The number of methoxy groups -OCH3 is 1. The first-order chi connectivity index (χ1) is 16.5. The zero-order valence-corrected chi connectivity index (χ0v) is 20.7. The summed E-state index contributed by atoms with van der Waals surface area (Å²) in [6, 6.07) is 8.14. The molecule has 1 aliphatic carbocycles. The van der Waals surface area contributed by atoms with Crippen molar-refractivity contribution in [1.82, 2.24) is 4.90 Å². The summed E-state index contributed by atoms with van der Waals surface area (Å²) in [6.45, 7) is 3.68. The maximum absolute atomic E-state index is 13.1. The lowest BCUT2D eigenvalue weighted by molar-refractivity contribution is -0.194. The van der Waals surface area contributed by atoms with E-state index in [1.165, 1.54) is 39.2 Å². The van der Waals surface area contributed by atoms with Gasteiger partial charge < -0.3 is 19.1 Å². The van der Waals surface area contributed by atoms with Crippen LogP contribution in [0.1, 0.15) is 82.8 Å². The van der Waals surface area contributed by atoms with E-state index in [4.69, 9.17) is 14.2 Å². The highest BCUT2D eigenvalue weighted by Gasteiger charge is 2.53. The Balaban J connectivity index is 1.31. The topological polar surface area (TPSA) is 65.1 Å². The lowest BCUT2D eigenvalue weighted by Gasteiger charge is -2.54. The summed E-state index contributed by atoms with van der Waals surface area (Å²) in [6.07, 6.45) is 9.82. The average molecular weight is 470 g/mol. The van der Waals surface area contributed by atoms with Crippen LogP contribution in [0.5, 0.6) is 5.75 Å². The minimum absolute atomic E-state index is 0.0432. The number of para-hydroxylation sites is 1. The van der Waals surface area contributed by atoms with Crippen LogP contribution >= 0.6 is 0 Å². The Hall–Kier alpha value is -2.08. The number of hydrogen-bond acceptors (Lipinski definition) is 5. The van der Waals surface area contributed by atoms with Crippen LogP contribution in [0, 0.1) is 17.8 Å².